The lowest BCUT2D eigenvalue weighted by atomic mass is 9.96. The molecular formula is C15H17NOS2. The van der Waals surface area contributed by atoms with Crippen molar-refractivity contribution in [2.75, 3.05) is 0 Å². The Bertz CT molecular complexity index is 512. The van der Waals surface area contributed by atoms with E-state index in [-0.39, 0.29) is 11.9 Å². The van der Waals surface area contributed by atoms with Crippen molar-refractivity contribution in [2.24, 2.45) is 5.92 Å². The van der Waals surface area contributed by atoms with Gasteiger partial charge in [-0.2, -0.15) is 0 Å². The predicted octanol–water partition coefficient (Wildman–Crippen LogP) is 4.47. The monoisotopic (exact) mass is 291 g/mol. The van der Waals surface area contributed by atoms with Crippen LogP contribution in [-0.4, -0.2) is 5.91 Å². The van der Waals surface area contributed by atoms with Gasteiger partial charge in [-0.1, -0.05) is 25.0 Å². The van der Waals surface area contributed by atoms with Crippen LogP contribution in [0.1, 0.15) is 46.3 Å². The number of hydrogen-bond acceptors (Lipinski definition) is 3. The van der Waals surface area contributed by atoms with Crippen molar-refractivity contribution < 1.29 is 4.79 Å². The van der Waals surface area contributed by atoms with Crippen molar-refractivity contribution in [3.05, 3.63) is 44.8 Å². The average molecular weight is 291 g/mol. The van der Waals surface area contributed by atoms with E-state index < -0.39 is 0 Å². The molecule has 100 valence electrons. The number of amides is 1. The summed E-state index contributed by atoms with van der Waals surface area (Å²) in [5.41, 5.74) is 0. The van der Waals surface area contributed by atoms with E-state index in [9.17, 15) is 4.79 Å². The van der Waals surface area contributed by atoms with Crippen LogP contribution in [0.2, 0.25) is 0 Å². The first kappa shape index (κ1) is 12.9. The molecule has 3 rings (SSSR count). The molecule has 0 aliphatic heterocycles. The number of hydrogen-bond donors (Lipinski definition) is 1. The molecule has 0 spiro atoms. The second-order valence-corrected chi connectivity index (χ2v) is 6.92. The van der Waals surface area contributed by atoms with Crippen LogP contribution in [-0.2, 0) is 0 Å². The standard InChI is InChI=1S/C15H17NOS2/c17-15(13-8-4-10-19-13)16-14(11-5-1-2-6-11)12-7-3-9-18-12/h3-4,7-11,14H,1-2,5-6H2,(H,16,17)/t14-/m0/s1. The van der Waals surface area contributed by atoms with Gasteiger partial charge in [0.1, 0.15) is 0 Å². The van der Waals surface area contributed by atoms with Gasteiger partial charge in [0, 0.05) is 4.88 Å². The molecule has 1 atom stereocenters. The first-order chi connectivity index (χ1) is 9.34. The van der Waals surface area contributed by atoms with Crippen LogP contribution in [0.5, 0.6) is 0 Å². The van der Waals surface area contributed by atoms with Gasteiger partial charge in [-0.3, -0.25) is 4.79 Å². The number of carbonyl (C=O) groups excluding carboxylic acids is 1. The molecular weight excluding hydrogens is 274 g/mol. The van der Waals surface area contributed by atoms with Gasteiger partial charge in [0.25, 0.3) is 5.91 Å². The Balaban J connectivity index is 1.77. The van der Waals surface area contributed by atoms with Crippen molar-refractivity contribution >= 4 is 28.6 Å². The first-order valence-corrected chi connectivity index (χ1v) is 8.48. The SMILES string of the molecule is O=C(N[C@H](c1cccs1)C1CCCC1)c1cccs1. The Morgan fingerprint density at radius 1 is 1.16 bits per heavy atom. The largest absolute Gasteiger partial charge is 0.343 e. The van der Waals surface area contributed by atoms with Crippen LogP contribution in [0.15, 0.2) is 35.0 Å². The summed E-state index contributed by atoms with van der Waals surface area (Å²) in [5, 5.41) is 7.29. The van der Waals surface area contributed by atoms with E-state index in [4.69, 9.17) is 0 Å². The molecule has 0 unspecified atom stereocenters. The Hall–Kier alpha value is -1.13. The molecule has 2 aromatic heterocycles. The molecule has 1 fully saturated rings. The zero-order chi connectivity index (χ0) is 13.1. The second kappa shape index (κ2) is 5.88. The molecule has 0 saturated heterocycles. The van der Waals surface area contributed by atoms with Crippen LogP contribution < -0.4 is 5.32 Å². The number of carbonyl (C=O) groups is 1. The van der Waals surface area contributed by atoms with E-state index in [1.807, 2.05) is 17.5 Å². The van der Waals surface area contributed by atoms with Crippen LogP contribution in [0.3, 0.4) is 0 Å². The van der Waals surface area contributed by atoms with E-state index in [2.05, 4.69) is 22.8 Å². The van der Waals surface area contributed by atoms with Gasteiger partial charge in [0.15, 0.2) is 0 Å². The lowest BCUT2D eigenvalue weighted by Crippen LogP contribution is -2.31. The normalized spacial score (nSPS) is 17.5. The third-order valence-electron chi connectivity index (χ3n) is 3.75. The fourth-order valence-electron chi connectivity index (χ4n) is 2.80. The maximum absolute atomic E-state index is 12.3. The summed E-state index contributed by atoms with van der Waals surface area (Å²) in [6, 6.07) is 8.22. The van der Waals surface area contributed by atoms with Crippen molar-refractivity contribution in [1.82, 2.24) is 5.32 Å². The molecule has 1 saturated carbocycles. The first-order valence-electron chi connectivity index (χ1n) is 6.72. The van der Waals surface area contributed by atoms with Gasteiger partial charge < -0.3 is 5.32 Å². The Labute approximate surface area is 121 Å². The minimum atomic E-state index is 0.0697. The smallest absolute Gasteiger partial charge is 0.261 e. The number of thiophene rings is 2. The molecule has 2 nitrogen and oxygen atoms in total. The topological polar surface area (TPSA) is 29.1 Å². The van der Waals surface area contributed by atoms with E-state index in [1.54, 1.807) is 11.3 Å². The van der Waals surface area contributed by atoms with Crippen molar-refractivity contribution in [3.8, 4) is 0 Å². The summed E-state index contributed by atoms with van der Waals surface area (Å²) in [6.45, 7) is 0. The summed E-state index contributed by atoms with van der Waals surface area (Å²) >= 11 is 3.25. The average Bonchev–Trinajstić information content (AvgIpc) is 3.17. The zero-order valence-electron chi connectivity index (χ0n) is 10.7. The van der Waals surface area contributed by atoms with Crippen LogP contribution >= 0.6 is 22.7 Å². The Kier molecular flexibility index (Phi) is 3.99. The summed E-state index contributed by atoms with van der Waals surface area (Å²) < 4.78 is 0. The molecule has 1 aliphatic rings. The predicted molar refractivity (Wildman–Crippen MR) is 80.8 cm³/mol. The van der Waals surface area contributed by atoms with Crippen LogP contribution in [0.25, 0.3) is 0 Å². The van der Waals surface area contributed by atoms with Gasteiger partial charge in [-0.15, -0.1) is 22.7 Å². The minimum absolute atomic E-state index is 0.0697. The third-order valence-corrected chi connectivity index (χ3v) is 5.58. The van der Waals surface area contributed by atoms with Crippen molar-refractivity contribution in [3.63, 3.8) is 0 Å². The fraction of sp³-hybridized carbons (Fsp3) is 0.400. The molecule has 1 aliphatic carbocycles. The number of rotatable bonds is 4. The van der Waals surface area contributed by atoms with Crippen LogP contribution in [0.4, 0.5) is 0 Å². The molecule has 1 N–H and O–H groups in total. The zero-order valence-corrected chi connectivity index (χ0v) is 12.3. The van der Waals surface area contributed by atoms with Crippen LogP contribution in [0, 0.1) is 5.92 Å². The van der Waals surface area contributed by atoms with E-state index in [0.717, 1.165) is 4.88 Å². The quantitative estimate of drug-likeness (QED) is 0.884. The molecule has 4 heteroatoms. The molecule has 0 bridgehead atoms. The van der Waals surface area contributed by atoms with Gasteiger partial charge in [-0.25, -0.2) is 0 Å². The fourth-order valence-corrected chi connectivity index (χ4v) is 4.30. The Morgan fingerprint density at radius 2 is 1.89 bits per heavy atom. The lowest BCUT2D eigenvalue weighted by Gasteiger charge is -2.23. The number of nitrogens with one attached hydrogen (secondary N) is 1. The summed E-state index contributed by atoms with van der Waals surface area (Å²) in [6.07, 6.45) is 5.05. The van der Waals surface area contributed by atoms with E-state index in [0.29, 0.717) is 5.92 Å². The third kappa shape index (κ3) is 2.90. The highest BCUT2D eigenvalue weighted by atomic mass is 32.1. The van der Waals surface area contributed by atoms with E-state index in [1.165, 1.54) is 41.9 Å². The summed E-state index contributed by atoms with van der Waals surface area (Å²) in [7, 11) is 0. The van der Waals surface area contributed by atoms with Gasteiger partial charge in [0.2, 0.25) is 0 Å². The van der Waals surface area contributed by atoms with E-state index >= 15 is 0 Å². The maximum Gasteiger partial charge on any atom is 0.261 e. The molecule has 1 amide bonds. The lowest BCUT2D eigenvalue weighted by molar-refractivity contribution is 0.0927. The highest BCUT2D eigenvalue weighted by Gasteiger charge is 2.28. The maximum atomic E-state index is 12.3. The van der Waals surface area contributed by atoms with Gasteiger partial charge >= 0.3 is 0 Å². The summed E-state index contributed by atoms with van der Waals surface area (Å²) in [4.78, 5) is 14.4. The molecule has 2 aromatic rings. The molecule has 0 aromatic carbocycles. The van der Waals surface area contributed by atoms with Gasteiger partial charge in [-0.05, 0) is 41.7 Å². The molecule has 0 radical (unpaired) electrons. The van der Waals surface area contributed by atoms with Crippen molar-refractivity contribution in [1.29, 1.82) is 0 Å². The van der Waals surface area contributed by atoms with Gasteiger partial charge in [0.05, 0.1) is 10.9 Å². The highest BCUT2D eigenvalue weighted by Crippen LogP contribution is 2.37. The minimum Gasteiger partial charge on any atom is -0.343 e. The molecule has 19 heavy (non-hydrogen) atoms. The second-order valence-electron chi connectivity index (χ2n) is 4.99. The van der Waals surface area contributed by atoms with Crippen molar-refractivity contribution in [2.45, 2.75) is 31.7 Å². The highest BCUT2D eigenvalue weighted by molar-refractivity contribution is 7.12. The summed E-state index contributed by atoms with van der Waals surface area (Å²) in [5.74, 6) is 0.669. The molecule has 2 heterocycles. The Morgan fingerprint density at radius 3 is 2.53 bits per heavy atom.